The SMILES string of the molecule is NCC1(C(=O)N2CCC(CCO)C2)CCCC1. The maximum atomic E-state index is 12.5. The molecule has 1 aliphatic carbocycles. The van der Waals surface area contributed by atoms with Gasteiger partial charge in [0.15, 0.2) is 0 Å². The van der Waals surface area contributed by atoms with Crippen molar-refractivity contribution in [2.45, 2.75) is 38.5 Å². The highest BCUT2D eigenvalue weighted by molar-refractivity contribution is 5.83. The molecule has 2 rings (SSSR count). The summed E-state index contributed by atoms with van der Waals surface area (Å²) < 4.78 is 0. The molecule has 4 heteroatoms. The molecule has 4 nitrogen and oxygen atoms in total. The number of aliphatic hydroxyl groups is 1. The Bertz CT molecular complexity index is 275. The number of hydrogen-bond donors (Lipinski definition) is 2. The van der Waals surface area contributed by atoms with Crippen molar-refractivity contribution in [3.05, 3.63) is 0 Å². The maximum Gasteiger partial charge on any atom is 0.230 e. The van der Waals surface area contributed by atoms with Crippen LogP contribution in [0.5, 0.6) is 0 Å². The van der Waals surface area contributed by atoms with Gasteiger partial charge in [-0.3, -0.25) is 4.79 Å². The Balaban J connectivity index is 1.96. The monoisotopic (exact) mass is 240 g/mol. The van der Waals surface area contributed by atoms with Gasteiger partial charge in [0.2, 0.25) is 5.91 Å². The van der Waals surface area contributed by atoms with E-state index in [1.807, 2.05) is 4.90 Å². The molecule has 0 aromatic rings. The van der Waals surface area contributed by atoms with Crippen molar-refractivity contribution in [2.75, 3.05) is 26.2 Å². The third-order valence-corrected chi connectivity index (χ3v) is 4.52. The van der Waals surface area contributed by atoms with Gasteiger partial charge in [-0.25, -0.2) is 0 Å². The molecule has 1 aliphatic heterocycles. The lowest BCUT2D eigenvalue weighted by atomic mass is 9.84. The van der Waals surface area contributed by atoms with E-state index < -0.39 is 0 Å². The van der Waals surface area contributed by atoms with Gasteiger partial charge < -0.3 is 15.7 Å². The van der Waals surface area contributed by atoms with Crippen LogP contribution in [-0.2, 0) is 4.79 Å². The number of hydrogen-bond acceptors (Lipinski definition) is 3. The lowest BCUT2D eigenvalue weighted by Crippen LogP contribution is -2.45. The van der Waals surface area contributed by atoms with Gasteiger partial charge in [0.05, 0.1) is 5.41 Å². The number of nitrogens with two attached hydrogens (primary N) is 1. The molecule has 3 N–H and O–H groups in total. The fraction of sp³-hybridized carbons (Fsp3) is 0.923. The average Bonchev–Trinajstić information content (AvgIpc) is 2.98. The molecule has 1 saturated heterocycles. The molecule has 2 fully saturated rings. The second-order valence-electron chi connectivity index (χ2n) is 5.61. The molecule has 0 bridgehead atoms. The first kappa shape index (κ1) is 12.8. The third kappa shape index (κ3) is 2.47. The van der Waals surface area contributed by atoms with Crippen molar-refractivity contribution >= 4 is 5.91 Å². The molecule has 98 valence electrons. The van der Waals surface area contributed by atoms with Crippen molar-refractivity contribution in [1.82, 2.24) is 4.90 Å². The number of carbonyl (C=O) groups is 1. The van der Waals surface area contributed by atoms with E-state index in [2.05, 4.69) is 0 Å². The van der Waals surface area contributed by atoms with E-state index in [4.69, 9.17) is 10.8 Å². The first-order valence-electron chi connectivity index (χ1n) is 6.82. The minimum atomic E-state index is -0.256. The summed E-state index contributed by atoms with van der Waals surface area (Å²) in [5.74, 6) is 0.762. The summed E-state index contributed by atoms with van der Waals surface area (Å²) in [5, 5.41) is 8.94. The van der Waals surface area contributed by atoms with Crippen molar-refractivity contribution in [1.29, 1.82) is 0 Å². The van der Waals surface area contributed by atoms with E-state index in [1.54, 1.807) is 0 Å². The number of amides is 1. The first-order valence-corrected chi connectivity index (χ1v) is 6.82. The predicted octanol–water partition coefficient (Wildman–Crippen LogP) is 0.736. The van der Waals surface area contributed by atoms with E-state index in [1.165, 1.54) is 0 Å². The zero-order valence-electron chi connectivity index (χ0n) is 10.5. The van der Waals surface area contributed by atoms with Crippen molar-refractivity contribution in [3.63, 3.8) is 0 Å². The predicted molar refractivity (Wildman–Crippen MR) is 66.3 cm³/mol. The van der Waals surface area contributed by atoms with Gasteiger partial charge in [-0.15, -0.1) is 0 Å². The number of carbonyl (C=O) groups excluding carboxylic acids is 1. The van der Waals surface area contributed by atoms with E-state index in [9.17, 15) is 4.79 Å². The van der Waals surface area contributed by atoms with E-state index in [0.29, 0.717) is 12.5 Å². The Hall–Kier alpha value is -0.610. The van der Waals surface area contributed by atoms with Crippen LogP contribution < -0.4 is 5.73 Å². The van der Waals surface area contributed by atoms with E-state index >= 15 is 0 Å². The van der Waals surface area contributed by atoms with Gasteiger partial charge in [-0.2, -0.15) is 0 Å². The zero-order chi connectivity index (χ0) is 12.3. The van der Waals surface area contributed by atoms with Gasteiger partial charge in [0, 0.05) is 26.2 Å². The minimum absolute atomic E-state index is 0.231. The van der Waals surface area contributed by atoms with Crippen LogP contribution in [-0.4, -0.2) is 42.2 Å². The third-order valence-electron chi connectivity index (χ3n) is 4.52. The Labute approximate surface area is 103 Å². The molecule has 1 unspecified atom stereocenters. The van der Waals surface area contributed by atoms with Crippen LogP contribution in [0.4, 0.5) is 0 Å². The average molecular weight is 240 g/mol. The van der Waals surface area contributed by atoms with Gasteiger partial charge in [-0.1, -0.05) is 12.8 Å². The second-order valence-corrected chi connectivity index (χ2v) is 5.61. The van der Waals surface area contributed by atoms with Crippen molar-refractivity contribution < 1.29 is 9.90 Å². The van der Waals surface area contributed by atoms with Crippen LogP contribution in [0.3, 0.4) is 0 Å². The van der Waals surface area contributed by atoms with Crippen LogP contribution in [0.25, 0.3) is 0 Å². The summed E-state index contributed by atoms with van der Waals surface area (Å²) >= 11 is 0. The molecular formula is C13H24N2O2. The molecule has 1 atom stereocenters. The minimum Gasteiger partial charge on any atom is -0.396 e. The summed E-state index contributed by atoms with van der Waals surface area (Å²) in [6.07, 6.45) is 6.05. The van der Waals surface area contributed by atoms with E-state index in [0.717, 1.165) is 51.6 Å². The second kappa shape index (κ2) is 5.36. The van der Waals surface area contributed by atoms with Crippen LogP contribution in [0.15, 0.2) is 0 Å². The van der Waals surface area contributed by atoms with Crippen LogP contribution in [0.2, 0.25) is 0 Å². The standard InChI is InChI=1S/C13H24N2O2/c14-10-13(5-1-2-6-13)12(17)15-7-3-11(9-15)4-8-16/h11,16H,1-10,14H2. The van der Waals surface area contributed by atoms with Crippen LogP contribution >= 0.6 is 0 Å². The quantitative estimate of drug-likeness (QED) is 0.761. The highest BCUT2D eigenvalue weighted by Gasteiger charge is 2.43. The van der Waals surface area contributed by atoms with Crippen molar-refractivity contribution in [2.24, 2.45) is 17.1 Å². The van der Waals surface area contributed by atoms with Crippen LogP contribution in [0.1, 0.15) is 38.5 Å². The lowest BCUT2D eigenvalue weighted by molar-refractivity contribution is -0.140. The topological polar surface area (TPSA) is 66.6 Å². The highest BCUT2D eigenvalue weighted by Crippen LogP contribution is 2.39. The molecule has 1 amide bonds. The summed E-state index contributed by atoms with van der Waals surface area (Å²) in [6, 6.07) is 0. The maximum absolute atomic E-state index is 12.5. The lowest BCUT2D eigenvalue weighted by Gasteiger charge is -2.31. The van der Waals surface area contributed by atoms with Crippen LogP contribution in [0, 0.1) is 11.3 Å². The van der Waals surface area contributed by atoms with Gasteiger partial charge in [-0.05, 0) is 31.6 Å². The molecule has 0 aromatic heterocycles. The zero-order valence-corrected chi connectivity index (χ0v) is 10.5. The normalized spacial score (nSPS) is 27.6. The number of rotatable bonds is 4. The molecule has 1 saturated carbocycles. The molecular weight excluding hydrogens is 216 g/mol. The summed E-state index contributed by atoms with van der Waals surface area (Å²) in [4.78, 5) is 14.5. The molecule has 0 spiro atoms. The number of likely N-dealkylation sites (tertiary alicyclic amines) is 1. The molecule has 0 aromatic carbocycles. The smallest absolute Gasteiger partial charge is 0.230 e. The van der Waals surface area contributed by atoms with Gasteiger partial charge in [0.1, 0.15) is 0 Å². The fourth-order valence-electron chi connectivity index (χ4n) is 3.33. The number of nitrogens with zero attached hydrogens (tertiary/aromatic N) is 1. The fourth-order valence-corrected chi connectivity index (χ4v) is 3.33. The summed E-state index contributed by atoms with van der Waals surface area (Å²) in [5.41, 5.74) is 5.59. The number of aliphatic hydroxyl groups excluding tert-OH is 1. The molecule has 1 heterocycles. The first-order chi connectivity index (χ1) is 8.22. The molecule has 0 radical (unpaired) electrons. The van der Waals surface area contributed by atoms with Crippen molar-refractivity contribution in [3.8, 4) is 0 Å². The summed E-state index contributed by atoms with van der Waals surface area (Å²) in [6.45, 7) is 2.40. The Morgan fingerprint density at radius 2 is 2.12 bits per heavy atom. The van der Waals surface area contributed by atoms with Gasteiger partial charge in [0.25, 0.3) is 0 Å². The molecule has 17 heavy (non-hydrogen) atoms. The largest absolute Gasteiger partial charge is 0.396 e. The molecule has 2 aliphatic rings. The van der Waals surface area contributed by atoms with Gasteiger partial charge >= 0.3 is 0 Å². The Morgan fingerprint density at radius 3 is 2.71 bits per heavy atom. The highest BCUT2D eigenvalue weighted by atomic mass is 16.3. The Morgan fingerprint density at radius 1 is 1.41 bits per heavy atom. The Kier molecular flexibility index (Phi) is 4.05. The summed E-state index contributed by atoms with van der Waals surface area (Å²) in [7, 11) is 0. The van der Waals surface area contributed by atoms with E-state index in [-0.39, 0.29) is 17.9 Å².